The van der Waals surface area contributed by atoms with Crippen molar-refractivity contribution in [2.24, 2.45) is 0 Å². The summed E-state index contributed by atoms with van der Waals surface area (Å²) in [5.41, 5.74) is 0. The summed E-state index contributed by atoms with van der Waals surface area (Å²) < 4.78 is 16.7. The summed E-state index contributed by atoms with van der Waals surface area (Å²) in [5.74, 6) is -0.999. The van der Waals surface area contributed by atoms with Crippen LogP contribution in [0.25, 0.3) is 0 Å². The molecule has 0 radical (unpaired) electrons. The molecule has 0 rings (SSSR count). The SMILES string of the molecule is CC\C=C/C=C\C=C/C=C\C=C\C=C/C=C\CCCCCC(=O)OCC(COC(=O)CCCCC/C=C\C=C/CCCC)OC(=O)CCCCCCC/C=C\CCCCCCCCCCC. The average Bonchev–Trinajstić information content (AvgIpc) is 3.31. The molecular formula is C60H96O6. The second-order valence-corrected chi connectivity index (χ2v) is 17.3. The number of rotatable bonds is 46. The minimum Gasteiger partial charge on any atom is -0.462 e. The van der Waals surface area contributed by atoms with E-state index in [1.807, 2.05) is 72.9 Å². The minimum absolute atomic E-state index is 0.114. The second-order valence-electron chi connectivity index (χ2n) is 17.3. The van der Waals surface area contributed by atoms with E-state index in [4.69, 9.17) is 14.2 Å². The van der Waals surface area contributed by atoms with Gasteiger partial charge in [0.05, 0.1) is 0 Å². The smallest absolute Gasteiger partial charge is 0.306 e. The molecule has 0 heterocycles. The van der Waals surface area contributed by atoms with E-state index in [-0.39, 0.29) is 31.1 Å². The summed E-state index contributed by atoms with van der Waals surface area (Å²) in [4.78, 5) is 38.0. The van der Waals surface area contributed by atoms with Gasteiger partial charge in [-0.1, -0.05) is 239 Å². The normalized spacial score (nSPS) is 13.1. The first-order valence-corrected chi connectivity index (χ1v) is 26.7. The van der Waals surface area contributed by atoms with Gasteiger partial charge in [0.25, 0.3) is 0 Å². The van der Waals surface area contributed by atoms with Gasteiger partial charge in [0.1, 0.15) is 13.2 Å². The zero-order chi connectivity index (χ0) is 47.9. The van der Waals surface area contributed by atoms with Gasteiger partial charge < -0.3 is 14.2 Å². The average molecular weight is 913 g/mol. The highest BCUT2D eigenvalue weighted by Crippen LogP contribution is 2.13. The van der Waals surface area contributed by atoms with E-state index in [0.717, 1.165) is 96.3 Å². The third kappa shape index (κ3) is 50.8. The molecule has 0 amide bonds. The molecule has 0 spiro atoms. The number of unbranched alkanes of at least 4 members (excludes halogenated alkanes) is 22. The summed E-state index contributed by atoms with van der Waals surface area (Å²) in [5, 5.41) is 0. The van der Waals surface area contributed by atoms with Crippen LogP contribution in [0.15, 0.2) is 122 Å². The highest BCUT2D eigenvalue weighted by Gasteiger charge is 2.19. The molecule has 0 aromatic carbocycles. The largest absolute Gasteiger partial charge is 0.462 e. The lowest BCUT2D eigenvalue weighted by Gasteiger charge is -2.18. The Morgan fingerprint density at radius 3 is 1.05 bits per heavy atom. The predicted octanol–water partition coefficient (Wildman–Crippen LogP) is 17.7. The number of hydrogen-bond acceptors (Lipinski definition) is 6. The lowest BCUT2D eigenvalue weighted by molar-refractivity contribution is -0.167. The van der Waals surface area contributed by atoms with Crippen LogP contribution >= 0.6 is 0 Å². The van der Waals surface area contributed by atoms with Gasteiger partial charge in [-0.25, -0.2) is 0 Å². The van der Waals surface area contributed by atoms with Crippen molar-refractivity contribution >= 4 is 17.9 Å². The van der Waals surface area contributed by atoms with Gasteiger partial charge in [-0.2, -0.15) is 0 Å². The van der Waals surface area contributed by atoms with Crippen molar-refractivity contribution in [3.8, 4) is 0 Å². The first kappa shape index (κ1) is 61.8. The lowest BCUT2D eigenvalue weighted by atomic mass is 10.1. The van der Waals surface area contributed by atoms with Gasteiger partial charge >= 0.3 is 17.9 Å². The van der Waals surface area contributed by atoms with E-state index in [2.05, 4.69) is 69.4 Å². The van der Waals surface area contributed by atoms with Crippen LogP contribution in [-0.4, -0.2) is 37.2 Å². The van der Waals surface area contributed by atoms with Crippen LogP contribution in [0.5, 0.6) is 0 Å². The van der Waals surface area contributed by atoms with Gasteiger partial charge in [0.15, 0.2) is 6.10 Å². The fraction of sp³-hybridized carbons (Fsp3) is 0.617. The van der Waals surface area contributed by atoms with E-state index in [1.54, 1.807) is 0 Å². The number of carbonyl (C=O) groups is 3. The highest BCUT2D eigenvalue weighted by molar-refractivity contribution is 5.71. The molecule has 372 valence electrons. The van der Waals surface area contributed by atoms with Crippen molar-refractivity contribution < 1.29 is 28.6 Å². The Morgan fingerprint density at radius 2 is 0.621 bits per heavy atom. The maximum absolute atomic E-state index is 12.8. The second kappa shape index (κ2) is 53.4. The van der Waals surface area contributed by atoms with E-state index in [9.17, 15) is 14.4 Å². The Kier molecular flexibility index (Phi) is 50.0. The number of esters is 3. The van der Waals surface area contributed by atoms with Crippen LogP contribution in [0.4, 0.5) is 0 Å². The zero-order valence-electron chi connectivity index (χ0n) is 42.4. The molecule has 0 aliphatic carbocycles. The van der Waals surface area contributed by atoms with Gasteiger partial charge in [0.2, 0.25) is 0 Å². The van der Waals surface area contributed by atoms with E-state index in [0.29, 0.717) is 19.3 Å². The molecule has 0 aromatic heterocycles. The third-order valence-corrected chi connectivity index (χ3v) is 10.9. The topological polar surface area (TPSA) is 78.9 Å². The van der Waals surface area contributed by atoms with Gasteiger partial charge in [-0.15, -0.1) is 0 Å². The first-order chi connectivity index (χ1) is 32.5. The summed E-state index contributed by atoms with van der Waals surface area (Å²) >= 11 is 0. The van der Waals surface area contributed by atoms with Crippen molar-refractivity contribution in [2.75, 3.05) is 13.2 Å². The van der Waals surface area contributed by atoms with E-state index < -0.39 is 6.10 Å². The molecule has 0 aliphatic rings. The summed E-state index contributed by atoms with van der Waals surface area (Å²) in [6.45, 7) is 6.36. The monoisotopic (exact) mass is 913 g/mol. The molecule has 0 aliphatic heterocycles. The fourth-order valence-electron chi connectivity index (χ4n) is 6.87. The van der Waals surface area contributed by atoms with Crippen LogP contribution in [0, 0.1) is 0 Å². The first-order valence-electron chi connectivity index (χ1n) is 26.7. The third-order valence-electron chi connectivity index (χ3n) is 10.9. The van der Waals surface area contributed by atoms with Crippen LogP contribution in [0.3, 0.4) is 0 Å². The Hall–Kier alpha value is -4.19. The van der Waals surface area contributed by atoms with E-state index >= 15 is 0 Å². The molecule has 0 aromatic rings. The molecule has 0 bridgehead atoms. The molecule has 1 atom stereocenters. The van der Waals surface area contributed by atoms with Crippen LogP contribution in [0.2, 0.25) is 0 Å². The van der Waals surface area contributed by atoms with Crippen LogP contribution in [-0.2, 0) is 28.6 Å². The molecule has 1 unspecified atom stereocenters. The lowest BCUT2D eigenvalue weighted by Crippen LogP contribution is -2.30. The molecular weight excluding hydrogens is 817 g/mol. The maximum Gasteiger partial charge on any atom is 0.306 e. The predicted molar refractivity (Wildman–Crippen MR) is 283 cm³/mol. The summed E-state index contributed by atoms with van der Waals surface area (Å²) in [7, 11) is 0. The Morgan fingerprint density at radius 1 is 0.318 bits per heavy atom. The molecule has 0 saturated carbocycles. The Labute approximate surface area is 405 Å². The van der Waals surface area contributed by atoms with E-state index in [1.165, 1.54) is 83.5 Å². The zero-order valence-corrected chi connectivity index (χ0v) is 42.4. The molecule has 0 saturated heterocycles. The van der Waals surface area contributed by atoms with Crippen molar-refractivity contribution in [3.63, 3.8) is 0 Å². The van der Waals surface area contributed by atoms with Gasteiger partial charge in [-0.3, -0.25) is 14.4 Å². The van der Waals surface area contributed by atoms with Crippen molar-refractivity contribution in [3.05, 3.63) is 122 Å². The fourth-order valence-corrected chi connectivity index (χ4v) is 6.87. The van der Waals surface area contributed by atoms with Crippen molar-refractivity contribution in [1.82, 2.24) is 0 Å². The molecule has 0 N–H and O–H groups in total. The van der Waals surface area contributed by atoms with Crippen LogP contribution in [0.1, 0.15) is 220 Å². The van der Waals surface area contributed by atoms with Gasteiger partial charge in [0, 0.05) is 19.3 Å². The maximum atomic E-state index is 12.8. The number of allylic oxidation sites excluding steroid dienone is 20. The highest BCUT2D eigenvalue weighted by atomic mass is 16.6. The standard InChI is InChI=1S/C60H96O6/c1-4-7-10-13-16-19-22-24-26-28-30-32-33-35-38-41-44-47-50-53-59(62)65-56-57(55-64-58(61)52-49-46-43-40-37-21-18-15-12-9-6-3)66-60(63)54-51-48-45-42-39-36-34-31-29-27-25-23-20-17-14-11-8-5-2/h7,10,13,15-16,18-19,21-22,24,26,28,30-35,37-38,57H,4-6,8-9,11-12,14,17,20,23,25,27,29,36,39-56H2,1-3H3/b10-7-,16-13-,18-15-,22-19-,26-24-,30-28+,33-32-,34-31-,37-21-,38-35-. The molecule has 0 fully saturated rings. The molecule has 66 heavy (non-hydrogen) atoms. The van der Waals surface area contributed by atoms with Crippen LogP contribution < -0.4 is 0 Å². The summed E-state index contributed by atoms with van der Waals surface area (Å²) in [6.07, 6.45) is 73.3. The number of hydrogen-bond donors (Lipinski definition) is 0. The number of ether oxygens (including phenoxy) is 3. The minimum atomic E-state index is -0.815. The Balaban J connectivity index is 4.51. The van der Waals surface area contributed by atoms with Crippen molar-refractivity contribution in [2.45, 2.75) is 226 Å². The molecule has 6 heteroatoms. The number of carbonyl (C=O) groups excluding carboxylic acids is 3. The quantitative estimate of drug-likeness (QED) is 0.0199. The Bertz CT molecular complexity index is 1420. The summed E-state index contributed by atoms with van der Waals surface area (Å²) in [6, 6.07) is 0. The molecule has 6 nitrogen and oxygen atoms in total. The van der Waals surface area contributed by atoms with Gasteiger partial charge in [-0.05, 0) is 83.5 Å². The van der Waals surface area contributed by atoms with Crippen molar-refractivity contribution in [1.29, 1.82) is 0 Å².